The van der Waals surface area contributed by atoms with Gasteiger partial charge in [-0.15, -0.1) is 0 Å². The maximum Gasteiger partial charge on any atom is 0.255 e. The van der Waals surface area contributed by atoms with Crippen molar-refractivity contribution < 1.29 is 9.18 Å². The summed E-state index contributed by atoms with van der Waals surface area (Å²) in [7, 11) is 0. The monoisotopic (exact) mass is 280 g/mol. The van der Waals surface area contributed by atoms with Crippen LogP contribution >= 0.6 is 11.6 Å². The number of carbonyl (C=O) groups excluding carboxylic acids is 1. The van der Waals surface area contributed by atoms with Gasteiger partial charge < -0.3 is 5.32 Å². The molecule has 5 heteroatoms. The van der Waals surface area contributed by atoms with E-state index in [1.54, 1.807) is 0 Å². The van der Waals surface area contributed by atoms with Crippen LogP contribution in [0, 0.1) is 17.1 Å². The number of amides is 1. The van der Waals surface area contributed by atoms with Crippen LogP contribution in [0.15, 0.2) is 18.2 Å². The molecule has 0 unspecified atom stereocenters. The van der Waals surface area contributed by atoms with Gasteiger partial charge in [-0.1, -0.05) is 30.9 Å². The van der Waals surface area contributed by atoms with Gasteiger partial charge in [-0.3, -0.25) is 4.79 Å². The lowest BCUT2D eigenvalue weighted by Gasteiger charge is -2.31. The second kappa shape index (κ2) is 5.58. The zero-order valence-corrected chi connectivity index (χ0v) is 11.1. The van der Waals surface area contributed by atoms with Gasteiger partial charge in [0.2, 0.25) is 0 Å². The second-order valence-corrected chi connectivity index (χ2v) is 5.27. The quantitative estimate of drug-likeness (QED) is 0.902. The van der Waals surface area contributed by atoms with Crippen molar-refractivity contribution in [1.82, 2.24) is 5.32 Å². The molecule has 1 aromatic rings. The summed E-state index contributed by atoms with van der Waals surface area (Å²) in [4.78, 5) is 12.1. The molecule has 1 N–H and O–H groups in total. The minimum atomic E-state index is -0.860. The molecule has 0 saturated heterocycles. The Hall–Kier alpha value is -1.60. The Kier molecular flexibility index (Phi) is 4.06. The number of nitrogens with one attached hydrogen (secondary N) is 1. The summed E-state index contributed by atoms with van der Waals surface area (Å²) in [5.41, 5.74) is -0.939. The number of rotatable bonds is 2. The lowest BCUT2D eigenvalue weighted by Crippen LogP contribution is -2.48. The predicted molar refractivity (Wildman–Crippen MR) is 70.3 cm³/mol. The Bertz CT molecular complexity index is 533. The first-order valence-electron chi connectivity index (χ1n) is 6.25. The molecule has 0 atom stereocenters. The molecule has 1 amide bonds. The van der Waals surface area contributed by atoms with Crippen molar-refractivity contribution in [3.05, 3.63) is 34.6 Å². The van der Waals surface area contributed by atoms with Gasteiger partial charge in [-0.05, 0) is 31.0 Å². The summed E-state index contributed by atoms with van der Waals surface area (Å²) >= 11 is 5.64. The molecule has 3 nitrogen and oxygen atoms in total. The van der Waals surface area contributed by atoms with Crippen LogP contribution in [-0.4, -0.2) is 11.4 Å². The summed E-state index contributed by atoms with van der Waals surface area (Å²) in [5, 5.41) is 12.2. The van der Waals surface area contributed by atoms with Crippen LogP contribution in [0.3, 0.4) is 0 Å². The minimum absolute atomic E-state index is 0.0791. The number of carbonyl (C=O) groups is 1. The van der Waals surface area contributed by atoms with Crippen molar-refractivity contribution in [2.75, 3.05) is 0 Å². The first kappa shape index (κ1) is 13.8. The Morgan fingerprint density at radius 3 is 2.63 bits per heavy atom. The van der Waals surface area contributed by atoms with Crippen LogP contribution < -0.4 is 5.32 Å². The van der Waals surface area contributed by atoms with E-state index in [4.69, 9.17) is 11.6 Å². The predicted octanol–water partition coefficient (Wildman–Crippen LogP) is 3.44. The van der Waals surface area contributed by atoms with Crippen LogP contribution in [0.4, 0.5) is 4.39 Å². The highest BCUT2D eigenvalue weighted by atomic mass is 35.5. The van der Waals surface area contributed by atoms with E-state index in [2.05, 4.69) is 11.4 Å². The molecule has 1 aliphatic carbocycles. The fourth-order valence-corrected chi connectivity index (χ4v) is 2.54. The molecule has 19 heavy (non-hydrogen) atoms. The van der Waals surface area contributed by atoms with E-state index in [1.165, 1.54) is 12.1 Å². The smallest absolute Gasteiger partial charge is 0.255 e. The van der Waals surface area contributed by atoms with Gasteiger partial charge in [-0.2, -0.15) is 5.26 Å². The molecule has 0 radical (unpaired) electrons. The molecule has 2 rings (SSSR count). The first-order valence-corrected chi connectivity index (χ1v) is 6.63. The van der Waals surface area contributed by atoms with E-state index >= 15 is 0 Å². The van der Waals surface area contributed by atoms with Gasteiger partial charge in [0.05, 0.1) is 11.6 Å². The Morgan fingerprint density at radius 1 is 1.37 bits per heavy atom. The van der Waals surface area contributed by atoms with Crippen molar-refractivity contribution in [3.8, 4) is 6.07 Å². The van der Waals surface area contributed by atoms with Gasteiger partial charge in [0.1, 0.15) is 11.4 Å². The highest BCUT2D eigenvalue weighted by Gasteiger charge is 2.34. The SMILES string of the molecule is N#CC1(NC(=O)c2ccc(Cl)cc2F)CCCCC1. The van der Waals surface area contributed by atoms with Crippen LogP contribution in [0.25, 0.3) is 0 Å². The molecule has 1 aliphatic rings. The molecule has 1 fully saturated rings. The Balaban J connectivity index is 2.18. The van der Waals surface area contributed by atoms with Crippen LogP contribution in [0.1, 0.15) is 42.5 Å². The van der Waals surface area contributed by atoms with E-state index in [0.717, 1.165) is 25.3 Å². The van der Waals surface area contributed by atoms with Crippen molar-refractivity contribution in [1.29, 1.82) is 5.26 Å². The first-order chi connectivity index (χ1) is 9.06. The summed E-state index contributed by atoms with van der Waals surface area (Å²) in [6, 6.07) is 6.05. The zero-order chi connectivity index (χ0) is 13.9. The molecule has 100 valence electrons. The third-order valence-electron chi connectivity index (χ3n) is 3.45. The Morgan fingerprint density at radius 2 is 2.05 bits per heavy atom. The van der Waals surface area contributed by atoms with Gasteiger partial charge in [0, 0.05) is 5.02 Å². The number of hydrogen-bond acceptors (Lipinski definition) is 2. The van der Waals surface area contributed by atoms with Crippen molar-refractivity contribution in [2.45, 2.75) is 37.6 Å². The second-order valence-electron chi connectivity index (χ2n) is 4.83. The molecule has 0 spiro atoms. The van der Waals surface area contributed by atoms with Gasteiger partial charge in [-0.25, -0.2) is 4.39 Å². The summed E-state index contributed by atoms with van der Waals surface area (Å²) in [6.07, 6.45) is 4.09. The average molecular weight is 281 g/mol. The van der Waals surface area contributed by atoms with E-state index in [1.807, 2.05) is 0 Å². The van der Waals surface area contributed by atoms with Crippen LogP contribution in [0.2, 0.25) is 5.02 Å². The standard InChI is InChI=1S/C14H14ClFN2O/c15-10-4-5-11(12(16)8-10)13(19)18-14(9-17)6-2-1-3-7-14/h4-5,8H,1-3,6-7H2,(H,18,19). The molecular weight excluding hydrogens is 267 g/mol. The fourth-order valence-electron chi connectivity index (χ4n) is 2.38. The highest BCUT2D eigenvalue weighted by molar-refractivity contribution is 6.30. The van der Waals surface area contributed by atoms with Crippen molar-refractivity contribution in [2.24, 2.45) is 0 Å². The minimum Gasteiger partial charge on any atom is -0.334 e. The van der Waals surface area contributed by atoms with Gasteiger partial charge >= 0.3 is 0 Å². The Labute approximate surface area is 116 Å². The van der Waals surface area contributed by atoms with Gasteiger partial charge in [0.15, 0.2) is 0 Å². The normalized spacial score (nSPS) is 17.5. The maximum absolute atomic E-state index is 13.7. The summed E-state index contributed by atoms with van der Waals surface area (Å²) in [6.45, 7) is 0. The lowest BCUT2D eigenvalue weighted by atomic mass is 9.82. The van der Waals surface area contributed by atoms with E-state index < -0.39 is 17.3 Å². The van der Waals surface area contributed by atoms with Crippen molar-refractivity contribution in [3.63, 3.8) is 0 Å². The van der Waals surface area contributed by atoms with E-state index in [9.17, 15) is 14.4 Å². The number of hydrogen-bond donors (Lipinski definition) is 1. The molecule has 0 bridgehead atoms. The summed E-state index contributed by atoms with van der Waals surface area (Å²) in [5.74, 6) is -1.23. The lowest BCUT2D eigenvalue weighted by molar-refractivity contribution is 0.0898. The third-order valence-corrected chi connectivity index (χ3v) is 3.68. The summed E-state index contributed by atoms with van der Waals surface area (Å²) < 4.78 is 13.7. The van der Waals surface area contributed by atoms with Crippen LogP contribution in [0.5, 0.6) is 0 Å². The van der Waals surface area contributed by atoms with Crippen molar-refractivity contribution >= 4 is 17.5 Å². The average Bonchev–Trinajstić information content (AvgIpc) is 2.39. The largest absolute Gasteiger partial charge is 0.334 e. The maximum atomic E-state index is 13.7. The fraction of sp³-hybridized carbons (Fsp3) is 0.429. The molecule has 1 aromatic carbocycles. The zero-order valence-electron chi connectivity index (χ0n) is 10.4. The van der Waals surface area contributed by atoms with Crippen LogP contribution in [-0.2, 0) is 0 Å². The molecular formula is C14H14ClFN2O. The van der Waals surface area contributed by atoms with E-state index in [-0.39, 0.29) is 10.6 Å². The van der Waals surface area contributed by atoms with E-state index in [0.29, 0.717) is 12.8 Å². The third kappa shape index (κ3) is 3.05. The number of nitrogens with zero attached hydrogens (tertiary/aromatic N) is 1. The van der Waals surface area contributed by atoms with Gasteiger partial charge in [0.25, 0.3) is 5.91 Å². The molecule has 1 saturated carbocycles. The molecule has 0 heterocycles. The highest BCUT2D eigenvalue weighted by Crippen LogP contribution is 2.28. The number of benzene rings is 1. The topological polar surface area (TPSA) is 52.9 Å². The number of nitriles is 1. The molecule has 0 aromatic heterocycles. The number of halogens is 2. The molecule has 0 aliphatic heterocycles.